The van der Waals surface area contributed by atoms with Crippen LogP contribution in [0.1, 0.15) is 41.6 Å². The molecule has 1 aromatic rings. The highest BCUT2D eigenvalue weighted by atomic mass is 79.9. The molecule has 0 saturated heterocycles. The fourth-order valence-electron chi connectivity index (χ4n) is 4.77. The second kappa shape index (κ2) is 3.89. The van der Waals surface area contributed by atoms with E-state index in [1.807, 2.05) is 18.2 Å². The van der Waals surface area contributed by atoms with Crippen LogP contribution >= 0.6 is 31.9 Å². The number of ether oxygens (including phenoxy) is 1. The van der Waals surface area contributed by atoms with Gasteiger partial charge in [-0.3, -0.25) is 4.79 Å². The second-order valence-corrected chi connectivity index (χ2v) is 9.84. The van der Waals surface area contributed by atoms with Gasteiger partial charge in [-0.15, -0.1) is 0 Å². The highest BCUT2D eigenvalue weighted by Gasteiger charge is 2.86. The quantitative estimate of drug-likeness (QED) is 0.650. The van der Waals surface area contributed by atoms with Crippen molar-refractivity contribution in [3.63, 3.8) is 0 Å². The number of methoxy groups -OCH3 is 1. The zero-order valence-electron chi connectivity index (χ0n) is 11.3. The molecule has 4 heteroatoms. The molecule has 1 aromatic carbocycles. The van der Waals surface area contributed by atoms with Gasteiger partial charge in [0.1, 0.15) is 5.75 Å². The lowest BCUT2D eigenvalue weighted by molar-refractivity contribution is 0.0951. The molecule has 0 aromatic heterocycles. The Morgan fingerprint density at radius 3 is 2.55 bits per heavy atom. The average Bonchev–Trinajstić information content (AvgIpc) is 2.70. The molecule has 2 atom stereocenters. The van der Waals surface area contributed by atoms with Gasteiger partial charge in [0.25, 0.3) is 0 Å². The van der Waals surface area contributed by atoms with Gasteiger partial charge in [-0.1, -0.05) is 38.3 Å². The van der Waals surface area contributed by atoms with E-state index in [9.17, 15) is 4.79 Å². The molecule has 106 valence electrons. The number of hydrogen-bond donors (Lipinski definition) is 0. The Bertz CT molecular complexity index is 625. The zero-order valence-corrected chi connectivity index (χ0v) is 14.5. The van der Waals surface area contributed by atoms with Gasteiger partial charge in [-0.25, -0.2) is 0 Å². The molecule has 0 N–H and O–H groups in total. The first-order chi connectivity index (χ1) is 9.47. The number of rotatable bonds is 1. The molecule has 4 rings (SSSR count). The number of hydrogen-bond acceptors (Lipinski definition) is 2. The number of ketones is 1. The highest BCUT2D eigenvalue weighted by molar-refractivity contribution is 9.25. The van der Waals surface area contributed by atoms with E-state index in [1.54, 1.807) is 7.11 Å². The van der Waals surface area contributed by atoms with Crippen LogP contribution in [0.5, 0.6) is 5.75 Å². The fourth-order valence-corrected chi connectivity index (χ4v) is 7.45. The average molecular weight is 400 g/mol. The second-order valence-electron chi connectivity index (χ2n) is 6.39. The third-order valence-corrected chi connectivity index (χ3v) is 8.87. The first-order valence-electron chi connectivity index (χ1n) is 7.05. The Kier molecular flexibility index (Phi) is 2.59. The maximum atomic E-state index is 12.7. The van der Waals surface area contributed by atoms with Crippen molar-refractivity contribution < 1.29 is 9.53 Å². The number of carbonyl (C=O) groups excluding carboxylic acids is 1. The monoisotopic (exact) mass is 398 g/mol. The van der Waals surface area contributed by atoms with Crippen LogP contribution in [0, 0.1) is 10.8 Å². The summed E-state index contributed by atoms with van der Waals surface area (Å²) in [5.41, 5.74) is 2.34. The molecule has 0 heterocycles. The van der Waals surface area contributed by atoms with Gasteiger partial charge in [-0.2, -0.15) is 0 Å². The lowest BCUT2D eigenvalue weighted by Crippen LogP contribution is -2.16. The summed E-state index contributed by atoms with van der Waals surface area (Å²) in [6.45, 7) is 0. The van der Waals surface area contributed by atoms with E-state index in [0.29, 0.717) is 6.42 Å². The number of fused-ring (bicyclic) bond motifs is 1. The number of Topliss-reactive ketones (excluding diaryl/α,β-unsaturated/α-hetero) is 1. The highest BCUT2D eigenvalue weighted by Crippen LogP contribution is 2.89. The van der Waals surface area contributed by atoms with Gasteiger partial charge in [-0.05, 0) is 43.0 Å². The standard InChI is InChI=1S/C16H16Br2O2/c1-20-11-3-4-12-10(7-11)8-14-5-2-6-15(14,9-13(12)19)16(14,17)18/h3-4,7H,2,5-6,8-9H2,1H3/t14-,15+/m1/s1. The van der Waals surface area contributed by atoms with Gasteiger partial charge in [0, 0.05) is 22.8 Å². The van der Waals surface area contributed by atoms with Gasteiger partial charge < -0.3 is 4.74 Å². The summed E-state index contributed by atoms with van der Waals surface area (Å²) in [6.07, 6.45) is 5.17. The Balaban J connectivity index is 1.87. The summed E-state index contributed by atoms with van der Waals surface area (Å²) in [5.74, 6) is 1.13. The van der Waals surface area contributed by atoms with E-state index in [2.05, 4.69) is 31.9 Å². The Hall–Kier alpha value is -0.350. The van der Waals surface area contributed by atoms with Crippen LogP contribution in [-0.4, -0.2) is 16.1 Å². The minimum absolute atomic E-state index is 0.0608. The summed E-state index contributed by atoms with van der Waals surface area (Å²) in [7, 11) is 1.68. The molecule has 0 aliphatic heterocycles. The van der Waals surface area contributed by atoms with E-state index in [0.717, 1.165) is 29.7 Å². The molecule has 2 saturated carbocycles. The minimum Gasteiger partial charge on any atom is -0.497 e. The van der Waals surface area contributed by atoms with Crippen LogP contribution in [-0.2, 0) is 6.42 Å². The van der Waals surface area contributed by atoms with E-state index in [4.69, 9.17) is 4.74 Å². The fraction of sp³-hybridized carbons (Fsp3) is 0.562. The van der Waals surface area contributed by atoms with Crippen molar-refractivity contribution >= 4 is 37.6 Å². The molecule has 0 radical (unpaired) electrons. The van der Waals surface area contributed by atoms with Crippen LogP contribution in [0.25, 0.3) is 0 Å². The predicted molar refractivity (Wildman–Crippen MR) is 84.9 cm³/mol. The lowest BCUT2D eigenvalue weighted by atomic mass is 9.90. The van der Waals surface area contributed by atoms with E-state index in [-0.39, 0.29) is 19.8 Å². The third-order valence-electron chi connectivity index (χ3n) is 5.83. The zero-order chi connectivity index (χ0) is 14.2. The summed E-state index contributed by atoms with van der Waals surface area (Å²) < 4.78 is 5.27. The topological polar surface area (TPSA) is 26.3 Å². The molecule has 0 spiro atoms. The number of halogens is 2. The SMILES string of the molecule is COc1ccc2c(c1)C[C@]13CCC[C@@]1(CC2=O)C3(Br)Br. The van der Waals surface area contributed by atoms with Crippen LogP contribution in [0.15, 0.2) is 18.2 Å². The first-order valence-corrected chi connectivity index (χ1v) is 8.64. The van der Waals surface area contributed by atoms with E-state index in [1.165, 1.54) is 12.8 Å². The predicted octanol–water partition coefficient (Wildman–Crippen LogP) is 4.48. The lowest BCUT2D eigenvalue weighted by Gasteiger charge is -2.19. The van der Waals surface area contributed by atoms with Crippen molar-refractivity contribution in [1.29, 1.82) is 0 Å². The maximum absolute atomic E-state index is 12.7. The van der Waals surface area contributed by atoms with E-state index >= 15 is 0 Å². The summed E-state index contributed by atoms with van der Waals surface area (Å²) >= 11 is 7.77. The molecule has 2 nitrogen and oxygen atoms in total. The van der Waals surface area contributed by atoms with Crippen molar-refractivity contribution in [1.82, 2.24) is 0 Å². The first kappa shape index (κ1) is 13.3. The Morgan fingerprint density at radius 1 is 1.15 bits per heavy atom. The van der Waals surface area contributed by atoms with Gasteiger partial charge in [0.05, 0.1) is 10.3 Å². The molecular weight excluding hydrogens is 384 g/mol. The van der Waals surface area contributed by atoms with Crippen molar-refractivity contribution in [2.45, 2.75) is 35.3 Å². The van der Waals surface area contributed by atoms with Crippen molar-refractivity contribution in [3.05, 3.63) is 29.3 Å². The molecular formula is C16H16Br2O2. The normalized spacial score (nSPS) is 36.6. The van der Waals surface area contributed by atoms with E-state index < -0.39 is 0 Å². The Labute approximate surface area is 135 Å². The summed E-state index contributed by atoms with van der Waals surface area (Å²) in [5, 5.41) is 0. The third kappa shape index (κ3) is 1.29. The molecule has 3 aliphatic carbocycles. The molecule has 0 unspecified atom stereocenters. The smallest absolute Gasteiger partial charge is 0.163 e. The molecule has 2 fully saturated rings. The number of carbonyl (C=O) groups is 1. The number of alkyl halides is 2. The largest absolute Gasteiger partial charge is 0.497 e. The summed E-state index contributed by atoms with van der Waals surface area (Å²) in [4.78, 5) is 12.7. The molecule has 20 heavy (non-hydrogen) atoms. The van der Waals surface area contributed by atoms with Crippen molar-refractivity contribution in [2.75, 3.05) is 7.11 Å². The van der Waals surface area contributed by atoms with Crippen LogP contribution in [0.3, 0.4) is 0 Å². The van der Waals surface area contributed by atoms with Crippen LogP contribution in [0.4, 0.5) is 0 Å². The van der Waals surface area contributed by atoms with Gasteiger partial charge >= 0.3 is 0 Å². The molecule has 0 amide bonds. The van der Waals surface area contributed by atoms with Crippen molar-refractivity contribution in [3.8, 4) is 5.75 Å². The molecule has 0 bridgehead atoms. The minimum atomic E-state index is -0.0608. The maximum Gasteiger partial charge on any atom is 0.163 e. The van der Waals surface area contributed by atoms with Crippen LogP contribution < -0.4 is 4.74 Å². The summed E-state index contributed by atoms with van der Waals surface area (Å²) in [6, 6.07) is 5.88. The number of benzene rings is 1. The van der Waals surface area contributed by atoms with Crippen LogP contribution in [0.2, 0.25) is 0 Å². The van der Waals surface area contributed by atoms with Gasteiger partial charge in [0.2, 0.25) is 0 Å². The van der Waals surface area contributed by atoms with Crippen molar-refractivity contribution in [2.24, 2.45) is 10.8 Å². The molecule has 3 aliphatic rings. The Morgan fingerprint density at radius 2 is 1.85 bits per heavy atom. The van der Waals surface area contributed by atoms with Gasteiger partial charge in [0.15, 0.2) is 5.78 Å².